The maximum Gasteiger partial charge on any atom is 0.248 e. The molecule has 7 heteroatoms. The second-order valence-electron chi connectivity index (χ2n) is 6.48. The molecule has 0 radical (unpaired) electrons. The summed E-state index contributed by atoms with van der Waals surface area (Å²) in [6, 6.07) is 7.87. The molecule has 0 bridgehead atoms. The standard InChI is InChI=1S/C18H25N5O2/c1-2-17-21-16(22-25-17)12-23-8-4-7-15(11-23)20-10-13-5-3-6-14(9-13)18(19)24/h3,5-6,9,15,20H,2,4,7-8,10-12H2,1H3,(H2,19,24). The number of nitrogens with zero attached hydrogens (tertiary/aromatic N) is 3. The number of nitrogens with one attached hydrogen (secondary N) is 1. The van der Waals surface area contributed by atoms with Crippen molar-refractivity contribution in [3.05, 3.63) is 47.1 Å². The number of hydrogen-bond donors (Lipinski definition) is 2. The molecule has 3 rings (SSSR count). The number of benzene rings is 1. The van der Waals surface area contributed by atoms with Gasteiger partial charge in [0.2, 0.25) is 11.8 Å². The number of aryl methyl sites for hydroxylation is 1. The molecule has 1 aromatic carbocycles. The van der Waals surface area contributed by atoms with E-state index in [2.05, 4.69) is 20.4 Å². The largest absolute Gasteiger partial charge is 0.366 e. The van der Waals surface area contributed by atoms with Crippen molar-refractivity contribution < 1.29 is 9.32 Å². The summed E-state index contributed by atoms with van der Waals surface area (Å²) < 4.78 is 5.18. The van der Waals surface area contributed by atoms with Crippen molar-refractivity contribution in [2.45, 2.75) is 45.3 Å². The second-order valence-corrected chi connectivity index (χ2v) is 6.48. The first-order valence-corrected chi connectivity index (χ1v) is 8.80. The van der Waals surface area contributed by atoms with E-state index in [-0.39, 0.29) is 0 Å². The lowest BCUT2D eigenvalue weighted by molar-refractivity contribution is 0.1000. The molecule has 134 valence electrons. The van der Waals surface area contributed by atoms with E-state index in [4.69, 9.17) is 10.3 Å². The molecule has 1 fully saturated rings. The summed E-state index contributed by atoms with van der Waals surface area (Å²) >= 11 is 0. The van der Waals surface area contributed by atoms with Gasteiger partial charge in [-0.15, -0.1) is 0 Å². The molecule has 0 aliphatic carbocycles. The van der Waals surface area contributed by atoms with Crippen LogP contribution in [0.15, 0.2) is 28.8 Å². The molecular formula is C18H25N5O2. The predicted molar refractivity (Wildman–Crippen MR) is 93.8 cm³/mol. The fraction of sp³-hybridized carbons (Fsp3) is 0.500. The third kappa shape index (κ3) is 4.87. The van der Waals surface area contributed by atoms with Crippen LogP contribution in [0.2, 0.25) is 0 Å². The highest BCUT2D eigenvalue weighted by molar-refractivity contribution is 5.92. The minimum Gasteiger partial charge on any atom is -0.366 e. The topological polar surface area (TPSA) is 97.3 Å². The Morgan fingerprint density at radius 3 is 3.12 bits per heavy atom. The molecule has 1 aliphatic heterocycles. The number of primary amides is 1. The van der Waals surface area contributed by atoms with Crippen LogP contribution in [0.25, 0.3) is 0 Å². The number of nitrogens with two attached hydrogens (primary N) is 1. The Bertz CT molecular complexity index is 715. The van der Waals surface area contributed by atoms with Crippen LogP contribution in [-0.4, -0.2) is 40.1 Å². The van der Waals surface area contributed by atoms with Gasteiger partial charge in [-0.2, -0.15) is 4.98 Å². The summed E-state index contributed by atoms with van der Waals surface area (Å²) in [4.78, 5) is 18.0. The number of rotatable bonds is 7. The molecule has 1 unspecified atom stereocenters. The summed E-state index contributed by atoms with van der Waals surface area (Å²) in [6.45, 7) is 5.45. The molecule has 0 saturated carbocycles. The van der Waals surface area contributed by atoms with E-state index in [1.165, 1.54) is 0 Å². The van der Waals surface area contributed by atoms with Crippen molar-refractivity contribution in [3.63, 3.8) is 0 Å². The Labute approximate surface area is 147 Å². The van der Waals surface area contributed by atoms with Gasteiger partial charge in [-0.05, 0) is 37.1 Å². The van der Waals surface area contributed by atoms with Gasteiger partial charge in [0.05, 0.1) is 6.54 Å². The van der Waals surface area contributed by atoms with Crippen LogP contribution in [-0.2, 0) is 19.5 Å². The highest BCUT2D eigenvalue weighted by atomic mass is 16.5. The van der Waals surface area contributed by atoms with Gasteiger partial charge in [0.25, 0.3) is 0 Å². The monoisotopic (exact) mass is 343 g/mol. The third-order valence-electron chi connectivity index (χ3n) is 4.49. The predicted octanol–water partition coefficient (Wildman–Crippen LogP) is 1.49. The van der Waals surface area contributed by atoms with Crippen LogP contribution in [0, 0.1) is 0 Å². The van der Waals surface area contributed by atoms with Crippen LogP contribution < -0.4 is 11.1 Å². The Kier molecular flexibility index (Phi) is 5.78. The number of piperidine rings is 1. The van der Waals surface area contributed by atoms with E-state index < -0.39 is 5.91 Å². The van der Waals surface area contributed by atoms with Crippen molar-refractivity contribution in [1.29, 1.82) is 0 Å². The van der Waals surface area contributed by atoms with E-state index in [9.17, 15) is 4.79 Å². The van der Waals surface area contributed by atoms with Crippen LogP contribution in [0.4, 0.5) is 0 Å². The number of likely N-dealkylation sites (tertiary alicyclic amines) is 1. The second kappa shape index (κ2) is 8.22. The van der Waals surface area contributed by atoms with Crippen LogP contribution >= 0.6 is 0 Å². The molecule has 7 nitrogen and oxygen atoms in total. The zero-order valence-electron chi connectivity index (χ0n) is 14.6. The lowest BCUT2D eigenvalue weighted by Gasteiger charge is -2.32. The molecule has 1 aromatic heterocycles. The first-order chi connectivity index (χ1) is 12.1. The molecule has 1 saturated heterocycles. The molecule has 1 amide bonds. The fourth-order valence-corrected chi connectivity index (χ4v) is 3.16. The van der Waals surface area contributed by atoms with Crippen LogP contribution in [0.3, 0.4) is 0 Å². The minimum atomic E-state index is -0.391. The summed E-state index contributed by atoms with van der Waals surface area (Å²) in [7, 11) is 0. The Hall–Kier alpha value is -2.25. The van der Waals surface area contributed by atoms with Crippen LogP contribution in [0.1, 0.15) is 47.4 Å². The van der Waals surface area contributed by atoms with E-state index in [0.29, 0.717) is 17.5 Å². The number of carbonyl (C=O) groups is 1. The maximum atomic E-state index is 11.3. The molecular weight excluding hydrogens is 318 g/mol. The molecule has 3 N–H and O–H groups in total. The molecule has 2 aromatic rings. The summed E-state index contributed by atoms with van der Waals surface area (Å²) in [5.74, 6) is 1.06. The smallest absolute Gasteiger partial charge is 0.248 e. The van der Waals surface area contributed by atoms with Gasteiger partial charge in [-0.1, -0.05) is 24.2 Å². The van der Waals surface area contributed by atoms with Gasteiger partial charge in [-0.25, -0.2) is 0 Å². The number of aromatic nitrogens is 2. The number of carbonyl (C=O) groups excluding carboxylic acids is 1. The van der Waals surface area contributed by atoms with Gasteiger partial charge in [-0.3, -0.25) is 9.69 Å². The van der Waals surface area contributed by atoms with Crippen LogP contribution in [0.5, 0.6) is 0 Å². The SMILES string of the molecule is CCc1nc(CN2CCCC(NCc3cccc(C(N)=O)c3)C2)no1. The van der Waals surface area contributed by atoms with E-state index in [1.807, 2.05) is 25.1 Å². The lowest BCUT2D eigenvalue weighted by atomic mass is 10.0. The Morgan fingerprint density at radius 1 is 1.48 bits per heavy atom. The van der Waals surface area contributed by atoms with Crippen molar-refractivity contribution in [2.24, 2.45) is 5.73 Å². The lowest BCUT2D eigenvalue weighted by Crippen LogP contribution is -2.45. The van der Waals surface area contributed by atoms with Gasteiger partial charge in [0.1, 0.15) is 0 Å². The first kappa shape index (κ1) is 17.6. The fourth-order valence-electron chi connectivity index (χ4n) is 3.16. The van der Waals surface area contributed by atoms with Gasteiger partial charge in [0, 0.05) is 31.1 Å². The highest BCUT2D eigenvalue weighted by Crippen LogP contribution is 2.14. The molecule has 0 spiro atoms. The quantitative estimate of drug-likeness (QED) is 0.790. The van der Waals surface area contributed by atoms with Gasteiger partial charge in [0.15, 0.2) is 5.82 Å². The third-order valence-corrected chi connectivity index (χ3v) is 4.49. The zero-order valence-corrected chi connectivity index (χ0v) is 14.6. The van der Waals surface area contributed by atoms with E-state index >= 15 is 0 Å². The average Bonchev–Trinajstić information content (AvgIpc) is 3.08. The maximum absolute atomic E-state index is 11.3. The van der Waals surface area contributed by atoms with E-state index in [0.717, 1.165) is 56.8 Å². The Morgan fingerprint density at radius 2 is 2.36 bits per heavy atom. The normalized spacial score (nSPS) is 18.4. The molecule has 1 atom stereocenters. The molecule has 1 aliphatic rings. The Balaban J connectivity index is 1.51. The highest BCUT2D eigenvalue weighted by Gasteiger charge is 2.21. The molecule has 25 heavy (non-hydrogen) atoms. The summed E-state index contributed by atoms with van der Waals surface area (Å²) in [6.07, 6.45) is 3.04. The minimum absolute atomic E-state index is 0.391. The van der Waals surface area contributed by atoms with Crippen molar-refractivity contribution in [1.82, 2.24) is 20.4 Å². The van der Waals surface area contributed by atoms with E-state index in [1.54, 1.807) is 6.07 Å². The van der Waals surface area contributed by atoms with Crippen molar-refractivity contribution >= 4 is 5.91 Å². The zero-order chi connectivity index (χ0) is 17.6. The first-order valence-electron chi connectivity index (χ1n) is 8.80. The summed E-state index contributed by atoms with van der Waals surface area (Å²) in [5, 5.41) is 7.61. The van der Waals surface area contributed by atoms with Gasteiger partial charge >= 0.3 is 0 Å². The summed E-state index contributed by atoms with van der Waals surface area (Å²) in [5.41, 5.74) is 6.96. The average molecular weight is 343 g/mol. The van der Waals surface area contributed by atoms with Crippen molar-refractivity contribution in [2.75, 3.05) is 13.1 Å². The number of amides is 1. The molecule has 2 heterocycles. The number of hydrogen-bond acceptors (Lipinski definition) is 6. The van der Waals surface area contributed by atoms with Crippen molar-refractivity contribution in [3.8, 4) is 0 Å². The van der Waals surface area contributed by atoms with Gasteiger partial charge < -0.3 is 15.6 Å².